The highest BCUT2D eigenvalue weighted by atomic mass is 32.2. The number of amides is 1. The molecule has 0 rings (SSSR count). The van der Waals surface area contributed by atoms with Gasteiger partial charge in [-0.1, -0.05) is 13.8 Å². The Morgan fingerprint density at radius 3 is 2.06 bits per heavy atom. The van der Waals surface area contributed by atoms with Crippen molar-refractivity contribution in [2.24, 2.45) is 5.92 Å². The van der Waals surface area contributed by atoms with E-state index in [1.807, 2.05) is 0 Å². The lowest BCUT2D eigenvalue weighted by atomic mass is 10.2. The molecule has 0 saturated carbocycles. The lowest BCUT2D eigenvalue weighted by molar-refractivity contribution is -0.133. The van der Waals surface area contributed by atoms with E-state index >= 15 is 0 Å². The molecule has 0 heterocycles. The minimum absolute atomic E-state index is 0.311. The molecule has 0 saturated heterocycles. The van der Waals surface area contributed by atoms with Gasteiger partial charge in [0.15, 0.2) is 15.1 Å². The van der Waals surface area contributed by atoms with E-state index < -0.39 is 33.6 Å². The largest absolute Gasteiger partial charge is 0.405 e. The van der Waals surface area contributed by atoms with Crippen LogP contribution in [0.1, 0.15) is 20.3 Å². The van der Waals surface area contributed by atoms with Gasteiger partial charge in [0.2, 0.25) is 5.91 Å². The molecule has 0 aliphatic rings. The Morgan fingerprint density at radius 1 is 1.29 bits per heavy atom. The lowest BCUT2D eigenvalue weighted by Gasteiger charge is -2.18. The van der Waals surface area contributed by atoms with E-state index in [0.717, 1.165) is 0 Å². The molecule has 1 atom stereocenters. The molecular weight excluding hydrogens is 259 g/mol. The highest BCUT2D eigenvalue weighted by molar-refractivity contribution is 7.91. The van der Waals surface area contributed by atoms with Crippen molar-refractivity contribution < 1.29 is 26.4 Å². The maximum atomic E-state index is 12.4. The van der Waals surface area contributed by atoms with Crippen molar-refractivity contribution in [2.45, 2.75) is 31.7 Å². The third-order valence-electron chi connectivity index (χ3n) is 2.11. The van der Waals surface area contributed by atoms with Crippen LogP contribution in [-0.4, -0.2) is 38.6 Å². The van der Waals surface area contributed by atoms with Crippen LogP contribution in [0.2, 0.25) is 0 Å². The van der Waals surface area contributed by atoms with Crippen molar-refractivity contribution in [1.82, 2.24) is 5.32 Å². The summed E-state index contributed by atoms with van der Waals surface area (Å²) < 4.78 is 59.1. The monoisotopic (exact) mass is 275 g/mol. The number of sulfone groups is 1. The average molecular weight is 275 g/mol. The fourth-order valence-corrected chi connectivity index (χ4v) is 2.18. The Balaban J connectivity index is 4.46. The van der Waals surface area contributed by atoms with Crippen molar-refractivity contribution in [3.63, 3.8) is 0 Å². The smallest absolute Gasteiger partial charge is 0.356 e. The van der Waals surface area contributed by atoms with Crippen LogP contribution in [-0.2, 0) is 14.6 Å². The second-order valence-corrected chi connectivity index (χ2v) is 6.32. The van der Waals surface area contributed by atoms with Crippen LogP contribution in [0.5, 0.6) is 0 Å². The van der Waals surface area contributed by atoms with E-state index in [1.54, 1.807) is 13.8 Å². The van der Waals surface area contributed by atoms with E-state index in [2.05, 4.69) is 5.32 Å². The fourth-order valence-electron chi connectivity index (χ4n) is 1.15. The molecule has 0 bridgehead atoms. The number of carbonyl (C=O) groups excluding carboxylic acids is 1. The second-order valence-electron chi connectivity index (χ2n) is 4.09. The first-order valence-electron chi connectivity index (χ1n) is 4.99. The van der Waals surface area contributed by atoms with Crippen LogP contribution in [0.25, 0.3) is 0 Å². The summed E-state index contributed by atoms with van der Waals surface area (Å²) in [7, 11) is -4.22. The SMILES string of the molecule is CC(C)C(=O)NCCC(C(F)(F)F)S(C)(=O)=O. The summed E-state index contributed by atoms with van der Waals surface area (Å²) >= 11 is 0. The fraction of sp³-hybridized carbons (Fsp3) is 0.889. The minimum Gasteiger partial charge on any atom is -0.356 e. The van der Waals surface area contributed by atoms with Gasteiger partial charge in [0, 0.05) is 18.7 Å². The molecule has 102 valence electrons. The molecule has 0 radical (unpaired) electrons. The van der Waals surface area contributed by atoms with Crippen LogP contribution in [0.3, 0.4) is 0 Å². The van der Waals surface area contributed by atoms with Crippen LogP contribution < -0.4 is 5.32 Å². The normalized spacial score (nSPS) is 14.8. The van der Waals surface area contributed by atoms with Gasteiger partial charge >= 0.3 is 6.18 Å². The van der Waals surface area contributed by atoms with Gasteiger partial charge in [-0.2, -0.15) is 13.2 Å². The molecule has 0 fully saturated rings. The van der Waals surface area contributed by atoms with Gasteiger partial charge in [-0.3, -0.25) is 4.79 Å². The van der Waals surface area contributed by atoms with E-state index in [1.165, 1.54) is 0 Å². The Morgan fingerprint density at radius 2 is 1.76 bits per heavy atom. The summed E-state index contributed by atoms with van der Waals surface area (Å²) in [6.45, 7) is 2.87. The van der Waals surface area contributed by atoms with Crippen molar-refractivity contribution >= 4 is 15.7 Å². The summed E-state index contributed by atoms with van der Waals surface area (Å²) in [6.07, 6.45) is -4.94. The maximum Gasteiger partial charge on any atom is 0.405 e. The summed E-state index contributed by atoms with van der Waals surface area (Å²) in [5.74, 6) is -0.753. The van der Waals surface area contributed by atoms with Crippen molar-refractivity contribution in [3.8, 4) is 0 Å². The second kappa shape index (κ2) is 5.70. The molecule has 0 aromatic rings. The molecule has 0 aliphatic carbocycles. The number of carbonyl (C=O) groups is 1. The first kappa shape index (κ1) is 16.2. The van der Waals surface area contributed by atoms with Gasteiger partial charge in [-0.15, -0.1) is 0 Å². The number of hydrogen-bond acceptors (Lipinski definition) is 3. The summed E-state index contributed by atoms with van der Waals surface area (Å²) in [5, 5.41) is -0.175. The van der Waals surface area contributed by atoms with Crippen molar-refractivity contribution in [3.05, 3.63) is 0 Å². The zero-order chi connectivity index (χ0) is 13.9. The molecule has 1 amide bonds. The minimum atomic E-state index is -4.81. The molecule has 0 aliphatic heterocycles. The van der Waals surface area contributed by atoms with Crippen LogP contribution in [0.4, 0.5) is 13.2 Å². The van der Waals surface area contributed by atoms with Gasteiger partial charge in [-0.05, 0) is 6.42 Å². The first-order valence-corrected chi connectivity index (χ1v) is 6.95. The lowest BCUT2D eigenvalue weighted by Crippen LogP contribution is -2.40. The third-order valence-corrected chi connectivity index (χ3v) is 3.65. The third kappa shape index (κ3) is 5.90. The topological polar surface area (TPSA) is 63.2 Å². The zero-order valence-corrected chi connectivity index (χ0v) is 10.7. The molecule has 1 unspecified atom stereocenters. The van der Waals surface area contributed by atoms with Gasteiger partial charge in [0.25, 0.3) is 0 Å². The zero-order valence-electron chi connectivity index (χ0n) is 9.84. The number of hydrogen-bond donors (Lipinski definition) is 1. The summed E-state index contributed by atoms with van der Waals surface area (Å²) in [6, 6.07) is 0. The molecule has 17 heavy (non-hydrogen) atoms. The summed E-state index contributed by atoms with van der Waals surface area (Å²) in [5.41, 5.74) is 0. The Kier molecular flexibility index (Phi) is 5.44. The molecule has 4 nitrogen and oxygen atoms in total. The number of halogens is 3. The predicted octanol–water partition coefficient (Wildman–Crippen LogP) is 1.12. The Labute approximate surface area is 98.5 Å². The van der Waals surface area contributed by atoms with E-state index in [9.17, 15) is 26.4 Å². The Hall–Kier alpha value is -0.790. The molecule has 0 aromatic carbocycles. The summed E-state index contributed by atoms with van der Waals surface area (Å²) in [4.78, 5) is 11.1. The molecule has 0 aromatic heterocycles. The van der Waals surface area contributed by atoms with Gasteiger partial charge < -0.3 is 5.32 Å². The highest BCUT2D eigenvalue weighted by Gasteiger charge is 2.46. The maximum absolute atomic E-state index is 12.4. The quantitative estimate of drug-likeness (QED) is 0.818. The Bertz CT molecular complexity index is 362. The van der Waals surface area contributed by atoms with Crippen LogP contribution in [0.15, 0.2) is 0 Å². The van der Waals surface area contributed by atoms with Crippen LogP contribution in [0, 0.1) is 5.92 Å². The number of nitrogens with one attached hydrogen (secondary N) is 1. The molecule has 0 spiro atoms. The first-order chi connectivity index (χ1) is 7.46. The van der Waals surface area contributed by atoms with E-state index in [-0.39, 0.29) is 12.5 Å². The standard InChI is InChI=1S/C9H16F3NO3S/c1-6(2)8(14)13-5-4-7(9(10,11)12)17(3,15)16/h6-7H,4-5H2,1-3H3,(H,13,14). The van der Waals surface area contributed by atoms with Gasteiger partial charge in [0.05, 0.1) is 0 Å². The highest BCUT2D eigenvalue weighted by Crippen LogP contribution is 2.27. The van der Waals surface area contributed by atoms with Gasteiger partial charge in [-0.25, -0.2) is 8.42 Å². The molecule has 1 N–H and O–H groups in total. The van der Waals surface area contributed by atoms with Crippen LogP contribution >= 0.6 is 0 Å². The average Bonchev–Trinajstić information content (AvgIpc) is 2.07. The van der Waals surface area contributed by atoms with E-state index in [4.69, 9.17) is 0 Å². The predicted molar refractivity (Wildman–Crippen MR) is 57.2 cm³/mol. The molecule has 8 heteroatoms. The van der Waals surface area contributed by atoms with E-state index in [0.29, 0.717) is 6.26 Å². The molecular formula is C9H16F3NO3S. The number of alkyl halides is 3. The van der Waals surface area contributed by atoms with Gasteiger partial charge in [0.1, 0.15) is 0 Å². The number of rotatable bonds is 5. The van der Waals surface area contributed by atoms with Crippen molar-refractivity contribution in [1.29, 1.82) is 0 Å². The van der Waals surface area contributed by atoms with Crippen molar-refractivity contribution in [2.75, 3.05) is 12.8 Å².